The Hall–Kier alpha value is -1.32. The first-order valence-electron chi connectivity index (χ1n) is 5.61. The van der Waals surface area contributed by atoms with Gasteiger partial charge in [-0.25, -0.2) is 4.79 Å². The lowest BCUT2D eigenvalue weighted by Crippen LogP contribution is -2.14. The van der Waals surface area contributed by atoms with Crippen molar-refractivity contribution in [2.45, 2.75) is 40.0 Å². The van der Waals surface area contributed by atoms with Crippen molar-refractivity contribution in [1.82, 2.24) is 0 Å². The topological polar surface area (TPSA) is 52.6 Å². The first kappa shape index (κ1) is 14.7. The Morgan fingerprint density at radius 1 is 1.12 bits per heavy atom. The van der Waals surface area contributed by atoms with E-state index in [1.54, 1.807) is 0 Å². The molecule has 0 aromatic heterocycles. The van der Waals surface area contributed by atoms with Crippen LogP contribution in [-0.4, -0.2) is 25.2 Å². The summed E-state index contributed by atoms with van der Waals surface area (Å²) in [6.45, 7) is 5.54. The van der Waals surface area contributed by atoms with Crippen LogP contribution >= 0.6 is 0 Å². The number of ether oxygens (including phenoxy) is 2. The highest BCUT2D eigenvalue weighted by Crippen LogP contribution is 2.08. The zero-order valence-corrected chi connectivity index (χ0v) is 10.2. The third-order valence-corrected chi connectivity index (χ3v) is 1.85. The SMILES string of the molecule is CC/C=C(\CCC)C(=O)OCCOC(C)=O. The lowest BCUT2D eigenvalue weighted by Gasteiger charge is -2.07. The van der Waals surface area contributed by atoms with Crippen LogP contribution in [0.4, 0.5) is 0 Å². The highest BCUT2D eigenvalue weighted by Gasteiger charge is 2.09. The van der Waals surface area contributed by atoms with Crippen molar-refractivity contribution in [3.8, 4) is 0 Å². The second-order valence-corrected chi connectivity index (χ2v) is 3.36. The third kappa shape index (κ3) is 7.04. The van der Waals surface area contributed by atoms with Gasteiger partial charge in [-0.3, -0.25) is 4.79 Å². The van der Waals surface area contributed by atoms with Crippen molar-refractivity contribution in [3.63, 3.8) is 0 Å². The third-order valence-electron chi connectivity index (χ3n) is 1.85. The molecule has 0 atom stereocenters. The molecule has 92 valence electrons. The van der Waals surface area contributed by atoms with Gasteiger partial charge >= 0.3 is 11.9 Å². The minimum atomic E-state index is -0.367. The van der Waals surface area contributed by atoms with Crippen molar-refractivity contribution < 1.29 is 19.1 Å². The minimum absolute atomic E-state index is 0.114. The molecular weight excluding hydrogens is 208 g/mol. The van der Waals surface area contributed by atoms with Crippen molar-refractivity contribution in [2.24, 2.45) is 0 Å². The monoisotopic (exact) mass is 228 g/mol. The van der Waals surface area contributed by atoms with E-state index in [4.69, 9.17) is 4.74 Å². The number of allylic oxidation sites excluding steroid dienone is 1. The minimum Gasteiger partial charge on any atom is -0.462 e. The Morgan fingerprint density at radius 2 is 1.75 bits per heavy atom. The molecule has 0 unspecified atom stereocenters. The fourth-order valence-corrected chi connectivity index (χ4v) is 1.22. The van der Waals surface area contributed by atoms with Gasteiger partial charge in [-0.15, -0.1) is 0 Å². The molecule has 0 radical (unpaired) electrons. The molecule has 0 aliphatic carbocycles. The summed E-state index contributed by atoms with van der Waals surface area (Å²) in [5.41, 5.74) is 0.702. The first-order chi connectivity index (χ1) is 7.61. The van der Waals surface area contributed by atoms with Gasteiger partial charge in [0.2, 0.25) is 0 Å². The van der Waals surface area contributed by atoms with Crippen LogP contribution < -0.4 is 0 Å². The van der Waals surface area contributed by atoms with Crippen LogP contribution in [0.1, 0.15) is 40.0 Å². The van der Waals surface area contributed by atoms with Gasteiger partial charge in [-0.05, 0) is 12.8 Å². The molecular formula is C12H20O4. The summed E-state index contributed by atoms with van der Waals surface area (Å²) in [5.74, 6) is -0.676. The van der Waals surface area contributed by atoms with Crippen LogP contribution in [0.3, 0.4) is 0 Å². The first-order valence-corrected chi connectivity index (χ1v) is 5.61. The molecule has 0 aliphatic heterocycles. The number of hydrogen-bond donors (Lipinski definition) is 0. The Balaban J connectivity index is 3.92. The fourth-order valence-electron chi connectivity index (χ4n) is 1.22. The zero-order chi connectivity index (χ0) is 12.4. The van der Waals surface area contributed by atoms with Crippen molar-refractivity contribution in [2.75, 3.05) is 13.2 Å². The van der Waals surface area contributed by atoms with Crippen LogP contribution in [0.25, 0.3) is 0 Å². The van der Waals surface area contributed by atoms with E-state index in [2.05, 4.69) is 4.74 Å². The Kier molecular flexibility index (Phi) is 8.21. The predicted molar refractivity (Wildman–Crippen MR) is 60.9 cm³/mol. The molecule has 0 spiro atoms. The summed E-state index contributed by atoms with van der Waals surface area (Å²) in [7, 11) is 0. The summed E-state index contributed by atoms with van der Waals surface area (Å²) in [6, 6.07) is 0. The average molecular weight is 228 g/mol. The van der Waals surface area contributed by atoms with Crippen LogP contribution in [0.2, 0.25) is 0 Å². The van der Waals surface area contributed by atoms with Crippen LogP contribution in [0.15, 0.2) is 11.6 Å². The van der Waals surface area contributed by atoms with Crippen LogP contribution in [0, 0.1) is 0 Å². The maximum atomic E-state index is 11.5. The molecule has 0 amide bonds. The number of rotatable bonds is 7. The van der Waals surface area contributed by atoms with Crippen molar-refractivity contribution in [3.05, 3.63) is 11.6 Å². The normalized spacial score (nSPS) is 11.1. The molecule has 0 rings (SSSR count). The second kappa shape index (κ2) is 8.95. The molecule has 0 saturated heterocycles. The van der Waals surface area contributed by atoms with Gasteiger partial charge in [0.25, 0.3) is 0 Å². The molecule has 0 aromatic rings. The van der Waals surface area contributed by atoms with Crippen molar-refractivity contribution in [1.29, 1.82) is 0 Å². The molecule has 0 bridgehead atoms. The number of carbonyl (C=O) groups excluding carboxylic acids is 2. The maximum absolute atomic E-state index is 11.5. The molecule has 0 N–H and O–H groups in total. The van der Waals surface area contributed by atoms with Crippen LogP contribution in [0.5, 0.6) is 0 Å². The van der Waals surface area contributed by atoms with Gasteiger partial charge in [0.05, 0.1) is 0 Å². The van der Waals surface area contributed by atoms with E-state index >= 15 is 0 Å². The number of carbonyl (C=O) groups is 2. The zero-order valence-electron chi connectivity index (χ0n) is 10.2. The Bertz CT molecular complexity index is 256. The van der Waals surface area contributed by atoms with Gasteiger partial charge in [0.1, 0.15) is 13.2 Å². The Labute approximate surface area is 96.6 Å². The maximum Gasteiger partial charge on any atom is 0.333 e. The van der Waals surface area contributed by atoms with Gasteiger partial charge in [0, 0.05) is 12.5 Å². The van der Waals surface area contributed by atoms with Gasteiger partial charge in [-0.2, -0.15) is 0 Å². The van der Waals surface area contributed by atoms with Crippen molar-refractivity contribution >= 4 is 11.9 Å². The molecule has 16 heavy (non-hydrogen) atoms. The van der Waals surface area contributed by atoms with E-state index in [1.165, 1.54) is 6.92 Å². The largest absolute Gasteiger partial charge is 0.462 e. The van der Waals surface area contributed by atoms with E-state index < -0.39 is 0 Å². The van der Waals surface area contributed by atoms with E-state index in [1.807, 2.05) is 19.9 Å². The summed E-state index contributed by atoms with van der Waals surface area (Å²) >= 11 is 0. The lowest BCUT2D eigenvalue weighted by molar-refractivity contribution is -0.148. The van der Waals surface area contributed by atoms with Gasteiger partial charge in [0.15, 0.2) is 0 Å². The predicted octanol–water partition coefficient (Wildman–Crippen LogP) is 2.23. The second-order valence-electron chi connectivity index (χ2n) is 3.36. The number of hydrogen-bond acceptors (Lipinski definition) is 4. The van der Waals surface area contributed by atoms with Crippen LogP contribution in [-0.2, 0) is 19.1 Å². The van der Waals surface area contributed by atoms with Gasteiger partial charge in [-0.1, -0.05) is 26.3 Å². The quantitative estimate of drug-likeness (QED) is 0.381. The van der Waals surface area contributed by atoms with E-state index in [9.17, 15) is 9.59 Å². The molecule has 0 saturated carbocycles. The molecule has 0 aliphatic rings. The highest BCUT2D eigenvalue weighted by atomic mass is 16.6. The van der Waals surface area contributed by atoms with Gasteiger partial charge < -0.3 is 9.47 Å². The highest BCUT2D eigenvalue weighted by molar-refractivity contribution is 5.88. The molecule has 4 nitrogen and oxygen atoms in total. The molecule has 0 fully saturated rings. The fraction of sp³-hybridized carbons (Fsp3) is 0.667. The van der Waals surface area contributed by atoms with E-state index in [0.29, 0.717) is 5.57 Å². The standard InChI is InChI=1S/C12H20O4/c1-4-6-11(7-5-2)12(14)16-9-8-15-10(3)13/h6H,4-5,7-9H2,1-3H3/b11-6+. The average Bonchev–Trinajstić information content (AvgIpc) is 2.23. The molecule has 0 aromatic carbocycles. The summed E-state index contributed by atoms with van der Waals surface area (Å²) in [5, 5.41) is 0. The number of esters is 2. The molecule has 0 heterocycles. The summed E-state index contributed by atoms with van der Waals surface area (Å²) in [4.78, 5) is 22.0. The summed E-state index contributed by atoms with van der Waals surface area (Å²) in [6.07, 6.45) is 4.32. The Morgan fingerprint density at radius 3 is 2.25 bits per heavy atom. The molecule has 4 heteroatoms. The lowest BCUT2D eigenvalue weighted by atomic mass is 10.1. The smallest absolute Gasteiger partial charge is 0.333 e. The summed E-state index contributed by atoms with van der Waals surface area (Å²) < 4.78 is 9.63. The van der Waals surface area contributed by atoms with E-state index in [0.717, 1.165) is 19.3 Å². The van der Waals surface area contributed by atoms with E-state index in [-0.39, 0.29) is 25.2 Å².